The average molecular weight is 284 g/mol. The average Bonchev–Trinajstić information content (AvgIpc) is 2.33. The molecule has 0 saturated carbocycles. The van der Waals surface area contributed by atoms with E-state index < -0.39 is 10.0 Å². The highest BCUT2D eigenvalue weighted by Gasteiger charge is 2.25. The van der Waals surface area contributed by atoms with Gasteiger partial charge < -0.3 is 5.73 Å². The van der Waals surface area contributed by atoms with Gasteiger partial charge in [0.25, 0.3) is 0 Å². The molecule has 0 aliphatic carbocycles. The van der Waals surface area contributed by atoms with Crippen molar-refractivity contribution in [3.63, 3.8) is 0 Å². The highest BCUT2D eigenvalue weighted by atomic mass is 32.2. The second kappa shape index (κ2) is 6.39. The largest absolute Gasteiger partial charge is 0.399 e. The molecule has 5 heteroatoms. The van der Waals surface area contributed by atoms with Gasteiger partial charge in [-0.3, -0.25) is 0 Å². The quantitative estimate of drug-likeness (QED) is 0.817. The molecule has 0 atom stereocenters. The van der Waals surface area contributed by atoms with Crippen molar-refractivity contribution in [2.75, 3.05) is 18.8 Å². The molecule has 0 aromatic heterocycles. The van der Waals surface area contributed by atoms with Crippen LogP contribution in [0.5, 0.6) is 0 Å². The molecule has 0 heterocycles. The van der Waals surface area contributed by atoms with Crippen LogP contribution in [0.2, 0.25) is 0 Å². The minimum absolute atomic E-state index is 0.340. The molecule has 1 aromatic rings. The van der Waals surface area contributed by atoms with E-state index in [4.69, 9.17) is 5.73 Å². The van der Waals surface area contributed by atoms with E-state index in [1.807, 2.05) is 27.7 Å². The lowest BCUT2D eigenvalue weighted by molar-refractivity contribution is 0.409. The predicted molar refractivity (Wildman–Crippen MR) is 79.7 cm³/mol. The fraction of sp³-hybridized carbons (Fsp3) is 0.571. The van der Waals surface area contributed by atoms with Gasteiger partial charge in [-0.2, -0.15) is 4.31 Å². The number of nitrogen functional groups attached to an aromatic ring is 1. The number of sulfonamides is 1. The highest BCUT2D eigenvalue weighted by molar-refractivity contribution is 7.89. The molecule has 108 valence electrons. The van der Waals surface area contributed by atoms with E-state index in [9.17, 15) is 8.42 Å². The maximum absolute atomic E-state index is 12.7. The van der Waals surface area contributed by atoms with Crippen molar-refractivity contribution in [2.45, 2.75) is 45.4 Å². The van der Waals surface area contributed by atoms with Crippen LogP contribution in [0.1, 0.15) is 37.8 Å². The molecule has 2 N–H and O–H groups in total. The first kappa shape index (κ1) is 16.0. The fourth-order valence-corrected chi connectivity index (χ4v) is 4.07. The Hall–Kier alpha value is -1.07. The number of aryl methyl sites for hydroxylation is 1. The summed E-state index contributed by atoms with van der Waals surface area (Å²) in [6.07, 6.45) is 1.61. The van der Waals surface area contributed by atoms with Crippen LogP contribution in [0.4, 0.5) is 5.69 Å². The van der Waals surface area contributed by atoms with Crippen LogP contribution in [0.3, 0.4) is 0 Å². The van der Waals surface area contributed by atoms with Gasteiger partial charge in [0.1, 0.15) is 0 Å². The van der Waals surface area contributed by atoms with E-state index in [-0.39, 0.29) is 0 Å². The monoisotopic (exact) mass is 284 g/mol. The lowest BCUT2D eigenvalue weighted by Crippen LogP contribution is -2.33. The van der Waals surface area contributed by atoms with Crippen molar-refractivity contribution in [1.82, 2.24) is 4.31 Å². The summed E-state index contributed by atoms with van der Waals surface area (Å²) >= 11 is 0. The Morgan fingerprint density at radius 2 is 1.63 bits per heavy atom. The van der Waals surface area contributed by atoms with Crippen LogP contribution in [0.25, 0.3) is 0 Å². The number of benzene rings is 1. The van der Waals surface area contributed by atoms with Gasteiger partial charge in [-0.15, -0.1) is 0 Å². The van der Waals surface area contributed by atoms with Gasteiger partial charge in [0, 0.05) is 18.8 Å². The van der Waals surface area contributed by atoms with Crippen molar-refractivity contribution in [3.8, 4) is 0 Å². The molecule has 0 unspecified atom stereocenters. The number of rotatable bonds is 6. The van der Waals surface area contributed by atoms with E-state index in [1.165, 1.54) is 0 Å². The third kappa shape index (κ3) is 3.48. The van der Waals surface area contributed by atoms with Gasteiger partial charge in [-0.25, -0.2) is 8.42 Å². The van der Waals surface area contributed by atoms with E-state index in [0.29, 0.717) is 23.7 Å². The van der Waals surface area contributed by atoms with Crippen molar-refractivity contribution < 1.29 is 8.42 Å². The van der Waals surface area contributed by atoms with Crippen molar-refractivity contribution in [2.24, 2.45) is 0 Å². The zero-order valence-corrected chi connectivity index (χ0v) is 13.0. The first-order valence-electron chi connectivity index (χ1n) is 6.71. The van der Waals surface area contributed by atoms with Gasteiger partial charge >= 0.3 is 0 Å². The summed E-state index contributed by atoms with van der Waals surface area (Å²) in [6.45, 7) is 8.77. The third-order valence-corrected chi connectivity index (χ3v) is 5.23. The minimum Gasteiger partial charge on any atom is -0.399 e. The Morgan fingerprint density at radius 3 is 2.11 bits per heavy atom. The van der Waals surface area contributed by atoms with E-state index in [1.54, 1.807) is 16.4 Å². The summed E-state index contributed by atoms with van der Waals surface area (Å²) in [5.74, 6) is 0. The standard InChI is InChI=1S/C14H24N2O2S/c1-5-7-16(8-6-2)19(17,18)14-10-13(15)9-11(3)12(14)4/h9-10H,5-8,15H2,1-4H3. The molecule has 0 aliphatic rings. The molecule has 4 nitrogen and oxygen atoms in total. The zero-order valence-electron chi connectivity index (χ0n) is 12.2. The van der Waals surface area contributed by atoms with Gasteiger partial charge in [-0.05, 0) is 49.9 Å². The lowest BCUT2D eigenvalue weighted by Gasteiger charge is -2.22. The predicted octanol–water partition coefficient (Wildman–Crippen LogP) is 2.70. The van der Waals surface area contributed by atoms with Crippen molar-refractivity contribution >= 4 is 15.7 Å². The molecule has 19 heavy (non-hydrogen) atoms. The summed E-state index contributed by atoms with van der Waals surface area (Å²) in [5.41, 5.74) is 7.98. The SMILES string of the molecule is CCCN(CCC)S(=O)(=O)c1cc(N)cc(C)c1C. The first-order chi connectivity index (χ1) is 8.84. The maximum Gasteiger partial charge on any atom is 0.243 e. The number of nitrogens with two attached hydrogens (primary N) is 1. The Bertz CT molecular complexity index is 533. The van der Waals surface area contributed by atoms with Crippen LogP contribution < -0.4 is 5.73 Å². The molecule has 0 aliphatic heterocycles. The second-order valence-corrected chi connectivity index (χ2v) is 6.77. The number of anilines is 1. The van der Waals surface area contributed by atoms with Gasteiger partial charge in [0.05, 0.1) is 4.90 Å². The Balaban J connectivity index is 3.32. The van der Waals surface area contributed by atoms with Crippen molar-refractivity contribution in [1.29, 1.82) is 0 Å². The van der Waals surface area contributed by atoms with Gasteiger partial charge in [0.15, 0.2) is 0 Å². The molecule has 1 aromatic carbocycles. The van der Waals surface area contributed by atoms with E-state index >= 15 is 0 Å². The first-order valence-corrected chi connectivity index (χ1v) is 8.15. The summed E-state index contributed by atoms with van der Waals surface area (Å²) in [5, 5.41) is 0. The molecule has 0 fully saturated rings. The molecule has 0 saturated heterocycles. The fourth-order valence-electron chi connectivity index (χ4n) is 2.11. The van der Waals surface area contributed by atoms with E-state index in [2.05, 4.69) is 0 Å². The Kier molecular flexibility index (Phi) is 5.38. The van der Waals surface area contributed by atoms with Gasteiger partial charge in [0.2, 0.25) is 10.0 Å². The van der Waals surface area contributed by atoms with Crippen LogP contribution >= 0.6 is 0 Å². The molecule has 0 radical (unpaired) electrons. The summed E-state index contributed by atoms with van der Waals surface area (Å²) in [6, 6.07) is 3.37. The minimum atomic E-state index is -3.45. The van der Waals surface area contributed by atoms with Crippen LogP contribution in [0, 0.1) is 13.8 Å². The summed E-state index contributed by atoms with van der Waals surface area (Å²) in [7, 11) is -3.45. The van der Waals surface area contributed by atoms with Crippen LogP contribution in [0.15, 0.2) is 17.0 Å². The Labute approximate surface area is 116 Å². The summed E-state index contributed by atoms with van der Waals surface area (Å²) < 4.78 is 27.0. The molecule has 0 spiro atoms. The Morgan fingerprint density at radius 1 is 1.11 bits per heavy atom. The van der Waals surface area contributed by atoms with Crippen LogP contribution in [-0.4, -0.2) is 25.8 Å². The lowest BCUT2D eigenvalue weighted by atomic mass is 10.1. The smallest absolute Gasteiger partial charge is 0.243 e. The zero-order chi connectivity index (χ0) is 14.6. The molecule has 0 bridgehead atoms. The third-order valence-electron chi connectivity index (χ3n) is 3.21. The highest BCUT2D eigenvalue weighted by Crippen LogP contribution is 2.25. The maximum atomic E-state index is 12.7. The molecular weight excluding hydrogens is 260 g/mol. The topological polar surface area (TPSA) is 63.4 Å². The van der Waals surface area contributed by atoms with E-state index in [0.717, 1.165) is 24.0 Å². The second-order valence-electron chi connectivity index (χ2n) is 4.87. The molecular formula is C14H24N2O2S. The summed E-state index contributed by atoms with van der Waals surface area (Å²) in [4.78, 5) is 0.340. The van der Waals surface area contributed by atoms with Crippen LogP contribution in [-0.2, 0) is 10.0 Å². The number of hydrogen-bond donors (Lipinski definition) is 1. The van der Waals surface area contributed by atoms with Crippen molar-refractivity contribution in [3.05, 3.63) is 23.3 Å². The number of hydrogen-bond acceptors (Lipinski definition) is 3. The number of nitrogens with zero attached hydrogens (tertiary/aromatic N) is 1. The van der Waals surface area contributed by atoms with Gasteiger partial charge in [-0.1, -0.05) is 13.8 Å². The molecule has 0 amide bonds. The normalized spacial score (nSPS) is 12.1. The molecule has 1 rings (SSSR count).